The van der Waals surface area contributed by atoms with Gasteiger partial charge in [-0.25, -0.2) is 0 Å². The van der Waals surface area contributed by atoms with E-state index >= 15 is 0 Å². The van der Waals surface area contributed by atoms with Crippen molar-refractivity contribution in [3.8, 4) is 5.69 Å². The summed E-state index contributed by atoms with van der Waals surface area (Å²) in [6.45, 7) is 2.85. The number of aryl methyl sites for hydroxylation is 1. The van der Waals surface area contributed by atoms with Crippen LogP contribution in [-0.4, -0.2) is 23.3 Å². The van der Waals surface area contributed by atoms with E-state index in [2.05, 4.69) is 34.7 Å². The average molecular weight is 262 g/mol. The van der Waals surface area contributed by atoms with Crippen molar-refractivity contribution in [2.24, 2.45) is 0 Å². The predicted octanol–water partition coefficient (Wildman–Crippen LogP) is 3.29. The number of methoxy groups -OCH3 is 1. The van der Waals surface area contributed by atoms with Crippen LogP contribution in [0.1, 0.15) is 18.2 Å². The molecule has 1 aromatic carbocycles. The molecule has 0 saturated carbocycles. The van der Waals surface area contributed by atoms with Gasteiger partial charge in [0.15, 0.2) is 4.77 Å². The Kier molecular flexibility index (Phi) is 4.33. The highest BCUT2D eigenvalue weighted by Crippen LogP contribution is 2.18. The maximum absolute atomic E-state index is 5.37. The highest BCUT2D eigenvalue weighted by atomic mass is 32.1. The number of H-pyrrole nitrogens is 1. The third-order valence-electron chi connectivity index (χ3n) is 3.02. The molecule has 0 unspecified atom stereocenters. The Morgan fingerprint density at radius 1 is 1.33 bits per heavy atom. The average Bonchev–Trinajstić information content (AvgIpc) is 2.77. The first-order valence-corrected chi connectivity index (χ1v) is 6.55. The van der Waals surface area contributed by atoms with E-state index in [-0.39, 0.29) is 0 Å². The lowest BCUT2D eigenvalue weighted by atomic mass is 10.1. The van der Waals surface area contributed by atoms with Crippen LogP contribution in [0.15, 0.2) is 30.5 Å². The molecule has 2 aromatic rings. The zero-order valence-corrected chi connectivity index (χ0v) is 11.6. The molecule has 1 N–H and O–H groups in total. The first-order chi connectivity index (χ1) is 8.77. The number of para-hydroxylation sites is 1. The van der Waals surface area contributed by atoms with Gasteiger partial charge in [0.2, 0.25) is 0 Å². The SMILES string of the molecule is CCc1c[nH]c(=S)n1-c1ccccc1CCOC. The Hall–Kier alpha value is -1.39. The fraction of sp³-hybridized carbons (Fsp3) is 0.357. The van der Waals surface area contributed by atoms with Crippen molar-refractivity contribution in [3.63, 3.8) is 0 Å². The van der Waals surface area contributed by atoms with Crippen molar-refractivity contribution >= 4 is 12.2 Å². The smallest absolute Gasteiger partial charge is 0.182 e. The molecule has 0 aliphatic heterocycles. The van der Waals surface area contributed by atoms with Gasteiger partial charge in [0.25, 0.3) is 0 Å². The quantitative estimate of drug-likeness (QED) is 0.838. The normalized spacial score (nSPS) is 10.8. The van der Waals surface area contributed by atoms with E-state index in [1.54, 1.807) is 7.11 Å². The van der Waals surface area contributed by atoms with Crippen LogP contribution in [-0.2, 0) is 17.6 Å². The summed E-state index contributed by atoms with van der Waals surface area (Å²) in [4.78, 5) is 3.12. The third-order valence-corrected chi connectivity index (χ3v) is 3.32. The number of benzene rings is 1. The van der Waals surface area contributed by atoms with Crippen LogP contribution in [0.2, 0.25) is 0 Å². The van der Waals surface area contributed by atoms with Gasteiger partial charge < -0.3 is 9.72 Å². The lowest BCUT2D eigenvalue weighted by Gasteiger charge is -2.12. The van der Waals surface area contributed by atoms with Gasteiger partial charge >= 0.3 is 0 Å². The molecule has 3 nitrogen and oxygen atoms in total. The number of nitrogens with zero attached hydrogens (tertiary/aromatic N) is 1. The van der Waals surface area contributed by atoms with Crippen LogP contribution in [0.25, 0.3) is 5.69 Å². The molecule has 18 heavy (non-hydrogen) atoms. The minimum absolute atomic E-state index is 0.718. The highest BCUT2D eigenvalue weighted by molar-refractivity contribution is 7.71. The number of rotatable bonds is 5. The molecule has 0 amide bonds. The Bertz CT molecular complexity index is 571. The third kappa shape index (κ3) is 2.54. The number of ether oxygens (including phenoxy) is 1. The van der Waals surface area contributed by atoms with E-state index in [1.165, 1.54) is 11.3 Å². The Labute approximate surface area is 112 Å². The number of nitrogens with one attached hydrogen (secondary N) is 1. The molecule has 0 bridgehead atoms. The molecular formula is C14H18N2OS. The second kappa shape index (κ2) is 5.98. The number of hydrogen-bond acceptors (Lipinski definition) is 2. The van der Waals surface area contributed by atoms with Crippen molar-refractivity contribution in [1.82, 2.24) is 9.55 Å². The molecule has 2 rings (SSSR count). The summed E-state index contributed by atoms with van der Waals surface area (Å²) in [6.07, 6.45) is 3.82. The van der Waals surface area contributed by atoms with E-state index in [4.69, 9.17) is 17.0 Å². The minimum Gasteiger partial charge on any atom is -0.384 e. The number of aromatic nitrogens is 2. The van der Waals surface area contributed by atoms with Crippen LogP contribution in [0.3, 0.4) is 0 Å². The lowest BCUT2D eigenvalue weighted by molar-refractivity contribution is 0.202. The molecule has 0 aliphatic rings. The first kappa shape index (κ1) is 13.1. The van der Waals surface area contributed by atoms with Crippen LogP contribution in [0.5, 0.6) is 0 Å². The maximum atomic E-state index is 5.37. The molecule has 1 heterocycles. The monoisotopic (exact) mass is 262 g/mol. The van der Waals surface area contributed by atoms with Crippen molar-refractivity contribution in [2.45, 2.75) is 19.8 Å². The summed E-state index contributed by atoms with van der Waals surface area (Å²) < 4.78 is 8.02. The number of aromatic amines is 1. The fourth-order valence-corrected chi connectivity index (χ4v) is 2.36. The molecular weight excluding hydrogens is 244 g/mol. The summed E-state index contributed by atoms with van der Waals surface area (Å²) in [5.74, 6) is 0. The van der Waals surface area contributed by atoms with Crippen molar-refractivity contribution in [1.29, 1.82) is 0 Å². The molecule has 0 radical (unpaired) electrons. The zero-order chi connectivity index (χ0) is 13.0. The Balaban J connectivity index is 2.49. The Morgan fingerprint density at radius 2 is 2.11 bits per heavy atom. The van der Waals surface area contributed by atoms with E-state index in [1.807, 2.05) is 12.3 Å². The lowest BCUT2D eigenvalue weighted by Crippen LogP contribution is -2.05. The van der Waals surface area contributed by atoms with Crippen molar-refractivity contribution < 1.29 is 4.74 Å². The fourth-order valence-electron chi connectivity index (χ4n) is 2.08. The van der Waals surface area contributed by atoms with Crippen molar-refractivity contribution in [3.05, 3.63) is 46.5 Å². The number of hydrogen-bond donors (Lipinski definition) is 1. The summed E-state index contributed by atoms with van der Waals surface area (Å²) in [5, 5.41) is 0. The van der Waals surface area contributed by atoms with Crippen LogP contribution in [0.4, 0.5) is 0 Å². The standard InChI is InChI=1S/C14H18N2OS/c1-3-12-10-15-14(18)16(12)13-7-5-4-6-11(13)8-9-17-2/h4-7,10H,3,8-9H2,1-2H3,(H,15,18). The molecule has 0 aliphatic carbocycles. The number of imidazole rings is 1. The van der Waals surface area contributed by atoms with Crippen LogP contribution >= 0.6 is 12.2 Å². The van der Waals surface area contributed by atoms with Gasteiger partial charge in [-0.05, 0) is 36.7 Å². The zero-order valence-electron chi connectivity index (χ0n) is 10.8. The molecule has 0 fully saturated rings. The summed E-state index contributed by atoms with van der Waals surface area (Å²) >= 11 is 5.37. The van der Waals surface area contributed by atoms with E-state index in [9.17, 15) is 0 Å². The molecule has 1 aromatic heterocycles. The van der Waals surface area contributed by atoms with E-state index < -0.39 is 0 Å². The van der Waals surface area contributed by atoms with Gasteiger partial charge in [-0.2, -0.15) is 0 Å². The highest BCUT2D eigenvalue weighted by Gasteiger charge is 2.08. The Morgan fingerprint density at radius 3 is 2.83 bits per heavy atom. The van der Waals surface area contributed by atoms with Gasteiger partial charge in [-0.15, -0.1) is 0 Å². The van der Waals surface area contributed by atoms with Gasteiger partial charge in [0.05, 0.1) is 12.3 Å². The van der Waals surface area contributed by atoms with Gasteiger partial charge in [-0.3, -0.25) is 4.57 Å². The molecule has 0 saturated heterocycles. The molecule has 0 atom stereocenters. The topological polar surface area (TPSA) is 29.9 Å². The first-order valence-electron chi connectivity index (χ1n) is 6.14. The summed E-state index contributed by atoms with van der Waals surface area (Å²) in [5.41, 5.74) is 3.60. The van der Waals surface area contributed by atoms with Gasteiger partial charge in [0.1, 0.15) is 0 Å². The van der Waals surface area contributed by atoms with Crippen LogP contribution in [0, 0.1) is 4.77 Å². The van der Waals surface area contributed by atoms with Gasteiger partial charge in [-0.1, -0.05) is 25.1 Å². The van der Waals surface area contributed by atoms with Crippen LogP contribution < -0.4 is 0 Å². The van der Waals surface area contributed by atoms with E-state index in [0.29, 0.717) is 0 Å². The largest absolute Gasteiger partial charge is 0.384 e. The second-order valence-electron chi connectivity index (χ2n) is 4.15. The summed E-state index contributed by atoms with van der Waals surface area (Å²) in [7, 11) is 1.72. The summed E-state index contributed by atoms with van der Waals surface area (Å²) in [6, 6.07) is 8.33. The minimum atomic E-state index is 0.718. The van der Waals surface area contributed by atoms with E-state index in [0.717, 1.165) is 29.9 Å². The molecule has 0 spiro atoms. The van der Waals surface area contributed by atoms with Crippen molar-refractivity contribution in [2.75, 3.05) is 13.7 Å². The molecule has 96 valence electrons. The second-order valence-corrected chi connectivity index (χ2v) is 4.53. The predicted molar refractivity (Wildman–Crippen MR) is 75.9 cm³/mol. The molecule has 4 heteroatoms. The van der Waals surface area contributed by atoms with Gasteiger partial charge in [0, 0.05) is 19.0 Å². The maximum Gasteiger partial charge on any atom is 0.182 e.